The molecule has 0 fully saturated rings. The molecule has 2 aromatic heterocycles. The normalized spacial score (nSPS) is 12.1. The molecule has 6 nitrogen and oxygen atoms in total. The zero-order valence-corrected chi connectivity index (χ0v) is 14.2. The Hall–Kier alpha value is -3.02. The molecule has 0 saturated carbocycles. The number of carbonyl (C=O) groups is 1. The molecular formula is C19H18O6. The van der Waals surface area contributed by atoms with Crippen LogP contribution in [-0.4, -0.2) is 18.7 Å². The van der Waals surface area contributed by atoms with E-state index in [1.54, 1.807) is 31.2 Å². The number of ether oxygens (including phenoxy) is 2. The maximum absolute atomic E-state index is 12.9. The number of hydrogen-bond acceptors (Lipinski definition) is 6. The van der Waals surface area contributed by atoms with Crippen molar-refractivity contribution in [2.24, 2.45) is 0 Å². The summed E-state index contributed by atoms with van der Waals surface area (Å²) in [5, 5.41) is 0.376. The minimum Gasteiger partial charge on any atom is -0.471 e. The minimum atomic E-state index is -0.959. The molecule has 0 aliphatic carbocycles. The predicted molar refractivity (Wildman–Crippen MR) is 91.6 cm³/mol. The van der Waals surface area contributed by atoms with Crippen molar-refractivity contribution >= 4 is 16.9 Å². The van der Waals surface area contributed by atoms with Crippen molar-refractivity contribution in [3.63, 3.8) is 0 Å². The van der Waals surface area contributed by atoms with Gasteiger partial charge >= 0.3 is 5.97 Å². The Bertz CT molecular complexity index is 952. The Morgan fingerprint density at radius 1 is 1.28 bits per heavy atom. The van der Waals surface area contributed by atoms with Crippen molar-refractivity contribution in [3.05, 3.63) is 52.4 Å². The summed E-state index contributed by atoms with van der Waals surface area (Å²) in [4.78, 5) is 24.8. The summed E-state index contributed by atoms with van der Waals surface area (Å²) in [5.74, 6) is -0.154. The van der Waals surface area contributed by atoms with Crippen LogP contribution in [0.5, 0.6) is 5.75 Å². The molecule has 0 radical (unpaired) electrons. The van der Waals surface area contributed by atoms with E-state index in [-0.39, 0.29) is 23.5 Å². The first-order chi connectivity index (χ1) is 12.0. The Labute approximate surface area is 144 Å². The Morgan fingerprint density at radius 3 is 2.76 bits per heavy atom. The molecule has 1 atom stereocenters. The van der Waals surface area contributed by atoms with Crippen LogP contribution in [0.4, 0.5) is 0 Å². The van der Waals surface area contributed by atoms with Crippen LogP contribution in [0.1, 0.15) is 19.4 Å². The predicted octanol–water partition coefficient (Wildman–Crippen LogP) is 3.69. The van der Waals surface area contributed by atoms with E-state index in [0.717, 1.165) is 5.56 Å². The number of furan rings is 1. The van der Waals surface area contributed by atoms with Crippen LogP contribution >= 0.6 is 0 Å². The van der Waals surface area contributed by atoms with Crippen molar-refractivity contribution < 1.29 is 23.1 Å². The van der Waals surface area contributed by atoms with Gasteiger partial charge in [-0.1, -0.05) is 11.6 Å². The van der Waals surface area contributed by atoms with Crippen molar-refractivity contribution in [1.82, 2.24) is 0 Å². The fraction of sp³-hybridized carbons (Fsp3) is 0.263. The zero-order valence-electron chi connectivity index (χ0n) is 14.2. The summed E-state index contributed by atoms with van der Waals surface area (Å²) in [6.07, 6.45) is 0.506. The number of benzene rings is 1. The highest BCUT2D eigenvalue weighted by Crippen LogP contribution is 2.32. The molecule has 2 heterocycles. The molecule has 25 heavy (non-hydrogen) atoms. The third-order valence-corrected chi connectivity index (χ3v) is 3.66. The van der Waals surface area contributed by atoms with Gasteiger partial charge in [-0.3, -0.25) is 4.79 Å². The average molecular weight is 342 g/mol. The van der Waals surface area contributed by atoms with Crippen LogP contribution in [0.25, 0.3) is 22.5 Å². The van der Waals surface area contributed by atoms with Gasteiger partial charge in [0, 0.05) is 0 Å². The summed E-state index contributed by atoms with van der Waals surface area (Å²) in [7, 11) is 0. The molecule has 0 bridgehead atoms. The van der Waals surface area contributed by atoms with Gasteiger partial charge in [0.2, 0.25) is 16.9 Å². The van der Waals surface area contributed by atoms with Crippen molar-refractivity contribution in [1.29, 1.82) is 0 Å². The lowest BCUT2D eigenvalue weighted by Crippen LogP contribution is -2.28. The van der Waals surface area contributed by atoms with Gasteiger partial charge in [0.15, 0.2) is 11.9 Å². The maximum atomic E-state index is 12.9. The third kappa shape index (κ3) is 3.28. The number of fused-ring (bicyclic) bond motifs is 1. The molecule has 3 rings (SSSR count). The fourth-order valence-electron chi connectivity index (χ4n) is 2.45. The van der Waals surface area contributed by atoms with Crippen molar-refractivity contribution in [3.8, 4) is 17.3 Å². The summed E-state index contributed by atoms with van der Waals surface area (Å²) in [6, 6.07) is 8.61. The summed E-state index contributed by atoms with van der Waals surface area (Å²) < 4.78 is 21.7. The van der Waals surface area contributed by atoms with E-state index >= 15 is 0 Å². The molecule has 6 heteroatoms. The lowest BCUT2D eigenvalue weighted by Gasteiger charge is -2.15. The van der Waals surface area contributed by atoms with E-state index in [1.807, 2.05) is 13.0 Å². The molecule has 0 N–H and O–H groups in total. The lowest BCUT2D eigenvalue weighted by atomic mass is 10.1. The quantitative estimate of drug-likeness (QED) is 0.658. The number of aryl methyl sites for hydroxylation is 1. The van der Waals surface area contributed by atoms with Gasteiger partial charge in [-0.05, 0) is 45.0 Å². The molecule has 0 aliphatic rings. The average Bonchev–Trinajstić information content (AvgIpc) is 3.12. The monoisotopic (exact) mass is 342 g/mol. The molecule has 130 valence electrons. The Kier molecular flexibility index (Phi) is 4.61. The van der Waals surface area contributed by atoms with Crippen LogP contribution in [0.3, 0.4) is 0 Å². The van der Waals surface area contributed by atoms with Crippen LogP contribution in [0.2, 0.25) is 0 Å². The first-order valence-corrected chi connectivity index (χ1v) is 7.96. The summed E-state index contributed by atoms with van der Waals surface area (Å²) in [5.41, 5.74) is 0.959. The van der Waals surface area contributed by atoms with E-state index in [0.29, 0.717) is 16.7 Å². The van der Waals surface area contributed by atoms with E-state index in [9.17, 15) is 9.59 Å². The standard InChI is InChI=1S/C19H18O6/c1-4-22-19(21)12(3)24-18-16(20)13-10-11(2)7-8-14(13)25-17(18)15-6-5-9-23-15/h5-10,12H,4H2,1-3H3/t12-/m0/s1. The lowest BCUT2D eigenvalue weighted by molar-refractivity contribution is -0.150. The second-order valence-corrected chi connectivity index (χ2v) is 5.58. The molecular weight excluding hydrogens is 324 g/mol. The van der Waals surface area contributed by atoms with Gasteiger partial charge in [0.1, 0.15) is 5.58 Å². The number of esters is 1. The smallest absolute Gasteiger partial charge is 0.347 e. The van der Waals surface area contributed by atoms with E-state index < -0.39 is 12.1 Å². The molecule has 0 amide bonds. The van der Waals surface area contributed by atoms with Crippen LogP contribution in [-0.2, 0) is 9.53 Å². The van der Waals surface area contributed by atoms with Gasteiger partial charge in [-0.25, -0.2) is 4.79 Å². The molecule has 0 aliphatic heterocycles. The van der Waals surface area contributed by atoms with E-state index in [4.69, 9.17) is 18.3 Å². The summed E-state index contributed by atoms with van der Waals surface area (Å²) in [6.45, 7) is 5.32. The minimum absolute atomic E-state index is 0.0754. The van der Waals surface area contributed by atoms with Gasteiger partial charge in [0.25, 0.3) is 0 Å². The molecule has 1 aromatic carbocycles. The molecule has 0 saturated heterocycles. The first-order valence-electron chi connectivity index (χ1n) is 7.96. The maximum Gasteiger partial charge on any atom is 0.347 e. The summed E-state index contributed by atoms with van der Waals surface area (Å²) >= 11 is 0. The largest absolute Gasteiger partial charge is 0.471 e. The topological polar surface area (TPSA) is 78.9 Å². The van der Waals surface area contributed by atoms with Crippen molar-refractivity contribution in [2.45, 2.75) is 26.9 Å². The van der Waals surface area contributed by atoms with Gasteiger partial charge in [0.05, 0.1) is 18.3 Å². The molecule has 3 aromatic rings. The van der Waals surface area contributed by atoms with Gasteiger partial charge < -0.3 is 18.3 Å². The first kappa shape index (κ1) is 16.8. The SMILES string of the molecule is CCOC(=O)[C@H](C)Oc1c(-c2ccco2)oc2ccc(C)cc2c1=O. The van der Waals surface area contributed by atoms with Gasteiger partial charge in [-0.15, -0.1) is 0 Å². The highest BCUT2D eigenvalue weighted by Gasteiger charge is 2.24. The molecule has 0 unspecified atom stereocenters. The van der Waals surface area contributed by atoms with Gasteiger partial charge in [-0.2, -0.15) is 0 Å². The Balaban J connectivity index is 2.17. The van der Waals surface area contributed by atoms with Crippen molar-refractivity contribution in [2.75, 3.05) is 6.61 Å². The highest BCUT2D eigenvalue weighted by molar-refractivity contribution is 5.82. The van der Waals surface area contributed by atoms with E-state index in [2.05, 4.69) is 0 Å². The number of hydrogen-bond donors (Lipinski definition) is 0. The molecule has 0 spiro atoms. The fourth-order valence-corrected chi connectivity index (χ4v) is 2.45. The van der Waals surface area contributed by atoms with Crippen LogP contribution in [0.15, 0.2) is 50.2 Å². The van der Waals surface area contributed by atoms with Crippen LogP contribution < -0.4 is 10.2 Å². The Morgan fingerprint density at radius 2 is 2.08 bits per heavy atom. The van der Waals surface area contributed by atoms with Crippen LogP contribution in [0, 0.1) is 6.92 Å². The number of carbonyl (C=O) groups excluding carboxylic acids is 1. The third-order valence-electron chi connectivity index (χ3n) is 3.66. The zero-order chi connectivity index (χ0) is 18.0. The highest BCUT2D eigenvalue weighted by atomic mass is 16.6. The second-order valence-electron chi connectivity index (χ2n) is 5.58. The number of rotatable bonds is 5. The van der Waals surface area contributed by atoms with E-state index in [1.165, 1.54) is 13.2 Å². The second kappa shape index (κ2) is 6.84.